The van der Waals surface area contributed by atoms with Crippen molar-refractivity contribution in [1.82, 2.24) is 14.7 Å². The van der Waals surface area contributed by atoms with Crippen molar-refractivity contribution < 1.29 is 35.5 Å². The number of para-hydroxylation sites is 1. The van der Waals surface area contributed by atoms with Crippen molar-refractivity contribution >= 4 is 17.5 Å². The molecule has 0 aliphatic carbocycles. The van der Waals surface area contributed by atoms with Gasteiger partial charge in [0, 0.05) is 37.9 Å². The Labute approximate surface area is 219 Å². The van der Waals surface area contributed by atoms with Gasteiger partial charge in [0.05, 0.1) is 29.9 Å². The molecule has 13 heteroatoms. The van der Waals surface area contributed by atoms with E-state index in [0.29, 0.717) is 5.56 Å². The van der Waals surface area contributed by atoms with Gasteiger partial charge in [-0.1, -0.05) is 24.3 Å². The average Bonchev–Trinajstić information content (AvgIpc) is 3.25. The molecule has 2 aliphatic rings. The number of urea groups is 1. The van der Waals surface area contributed by atoms with Gasteiger partial charge in [-0.25, -0.2) is 9.18 Å². The third-order valence-electron chi connectivity index (χ3n) is 7.12. The molecule has 3 aromatic rings. The van der Waals surface area contributed by atoms with Gasteiger partial charge in [0.1, 0.15) is 5.82 Å². The highest BCUT2D eigenvalue weighted by Gasteiger charge is 2.41. The van der Waals surface area contributed by atoms with Gasteiger partial charge in [0.15, 0.2) is 5.82 Å². The van der Waals surface area contributed by atoms with Gasteiger partial charge in [-0.2, -0.15) is 31.4 Å². The fourth-order valence-corrected chi connectivity index (χ4v) is 5.36. The van der Waals surface area contributed by atoms with Crippen molar-refractivity contribution in [1.29, 1.82) is 0 Å². The van der Waals surface area contributed by atoms with Crippen LogP contribution in [-0.4, -0.2) is 39.8 Å². The number of halogens is 7. The number of aryl methyl sites for hydroxylation is 1. The zero-order valence-corrected chi connectivity index (χ0v) is 20.7. The van der Waals surface area contributed by atoms with Gasteiger partial charge in [-0.05, 0) is 36.6 Å². The molecule has 0 radical (unpaired) electrons. The third-order valence-corrected chi connectivity index (χ3v) is 7.12. The Morgan fingerprint density at radius 3 is 2.23 bits per heavy atom. The van der Waals surface area contributed by atoms with Gasteiger partial charge in [-0.3, -0.25) is 9.58 Å². The van der Waals surface area contributed by atoms with Crippen molar-refractivity contribution in [3.05, 3.63) is 76.7 Å². The van der Waals surface area contributed by atoms with Crippen LogP contribution in [0.4, 0.5) is 47.0 Å². The number of alkyl halides is 6. The summed E-state index contributed by atoms with van der Waals surface area (Å²) in [4.78, 5) is 17.7. The summed E-state index contributed by atoms with van der Waals surface area (Å²) in [6.07, 6.45) is -7.17. The number of carbonyl (C=O) groups is 1. The van der Waals surface area contributed by atoms with Crippen molar-refractivity contribution in [3.8, 4) is 0 Å². The minimum atomic E-state index is -4.74. The molecule has 5 rings (SSSR count). The van der Waals surface area contributed by atoms with E-state index in [-0.39, 0.29) is 50.4 Å². The highest BCUT2D eigenvalue weighted by atomic mass is 19.4. The van der Waals surface area contributed by atoms with Crippen molar-refractivity contribution in [2.45, 2.75) is 44.3 Å². The molecular formula is C26H24F7N5O. The Kier molecular flexibility index (Phi) is 6.71. The lowest BCUT2D eigenvalue weighted by Gasteiger charge is -2.43. The molecule has 0 unspecified atom stereocenters. The molecule has 0 spiro atoms. The molecule has 208 valence electrons. The molecular weight excluding hydrogens is 531 g/mol. The largest absolute Gasteiger partial charge is 0.418 e. The first kappa shape index (κ1) is 26.8. The Bertz CT molecular complexity index is 1380. The van der Waals surface area contributed by atoms with Crippen LogP contribution in [0.3, 0.4) is 0 Å². The van der Waals surface area contributed by atoms with Crippen LogP contribution in [-0.2, 0) is 32.5 Å². The number of hydrogen-bond donors (Lipinski definition) is 0. The van der Waals surface area contributed by atoms with Crippen LogP contribution in [0.5, 0.6) is 0 Å². The monoisotopic (exact) mass is 555 g/mol. The van der Waals surface area contributed by atoms with Crippen LogP contribution in [0.1, 0.15) is 35.1 Å². The Morgan fingerprint density at radius 1 is 0.923 bits per heavy atom. The zero-order valence-electron chi connectivity index (χ0n) is 20.7. The second-order valence-corrected chi connectivity index (χ2v) is 9.66. The van der Waals surface area contributed by atoms with Gasteiger partial charge >= 0.3 is 18.4 Å². The van der Waals surface area contributed by atoms with Crippen molar-refractivity contribution in [2.24, 2.45) is 7.05 Å². The number of piperidine rings is 1. The number of fused-ring (bicyclic) bond motifs is 1. The van der Waals surface area contributed by atoms with Gasteiger partial charge in [0.2, 0.25) is 0 Å². The average molecular weight is 555 g/mol. The maximum Gasteiger partial charge on any atom is 0.418 e. The van der Waals surface area contributed by atoms with Crippen molar-refractivity contribution in [3.63, 3.8) is 0 Å². The summed E-state index contributed by atoms with van der Waals surface area (Å²) in [5.41, 5.74) is -1.90. The van der Waals surface area contributed by atoms with Crippen LogP contribution < -0.4 is 9.80 Å². The molecule has 1 fully saturated rings. The molecule has 0 N–H and O–H groups in total. The molecule has 3 heterocycles. The number of benzene rings is 2. The molecule has 39 heavy (non-hydrogen) atoms. The number of hydrogen-bond acceptors (Lipinski definition) is 3. The first-order valence-electron chi connectivity index (χ1n) is 12.2. The molecule has 2 amide bonds. The molecule has 2 aliphatic heterocycles. The second kappa shape index (κ2) is 9.76. The van der Waals surface area contributed by atoms with Gasteiger partial charge in [-0.15, -0.1) is 0 Å². The lowest BCUT2D eigenvalue weighted by Crippen LogP contribution is -2.54. The number of amides is 2. The van der Waals surface area contributed by atoms with E-state index in [1.54, 1.807) is 13.2 Å². The molecule has 1 aromatic heterocycles. The lowest BCUT2D eigenvalue weighted by atomic mass is 9.99. The summed E-state index contributed by atoms with van der Waals surface area (Å²) < 4.78 is 97.5. The summed E-state index contributed by atoms with van der Waals surface area (Å²) >= 11 is 0. The lowest BCUT2D eigenvalue weighted by molar-refractivity contribution is -0.138. The maximum atomic E-state index is 14.5. The van der Waals surface area contributed by atoms with Gasteiger partial charge < -0.3 is 9.80 Å². The molecule has 0 atom stereocenters. The van der Waals surface area contributed by atoms with E-state index in [9.17, 15) is 35.5 Å². The second-order valence-electron chi connectivity index (χ2n) is 9.66. The van der Waals surface area contributed by atoms with Gasteiger partial charge in [0.25, 0.3) is 0 Å². The number of anilines is 2. The van der Waals surface area contributed by atoms with E-state index in [1.165, 1.54) is 37.6 Å². The smallest absolute Gasteiger partial charge is 0.369 e. The van der Waals surface area contributed by atoms with Crippen LogP contribution in [0.25, 0.3) is 0 Å². The van der Waals surface area contributed by atoms with E-state index in [0.717, 1.165) is 24.3 Å². The van der Waals surface area contributed by atoms with E-state index >= 15 is 0 Å². The molecule has 0 bridgehead atoms. The van der Waals surface area contributed by atoms with E-state index < -0.39 is 47.1 Å². The predicted octanol–water partition coefficient (Wildman–Crippen LogP) is 6.21. The quantitative estimate of drug-likeness (QED) is 0.360. The third kappa shape index (κ3) is 5.13. The standard InChI is InChI=1S/C26H24F7N5O/c1-35-13-17-15-37(18-9-11-36(12-10-18)22-20(26(31,32)33)7-4-8-21(22)27)24(39)38(23(17)34-35)14-16-5-2-3-6-19(16)25(28,29)30/h2-8,13,18H,9-12,14-15H2,1H3. The molecule has 2 aromatic carbocycles. The van der Waals surface area contributed by atoms with E-state index in [1.807, 2.05) is 0 Å². The van der Waals surface area contributed by atoms with Crippen LogP contribution in [0.2, 0.25) is 0 Å². The SMILES string of the molecule is Cn1cc2c(n1)N(Cc1ccccc1C(F)(F)F)C(=O)N(C1CCN(c3c(F)cccc3C(F)(F)F)CC1)C2. The molecule has 0 saturated carbocycles. The topological polar surface area (TPSA) is 44.6 Å². The van der Waals surface area contributed by atoms with Crippen LogP contribution in [0, 0.1) is 5.82 Å². The summed E-state index contributed by atoms with van der Waals surface area (Å²) in [7, 11) is 1.64. The number of nitrogens with zero attached hydrogens (tertiary/aromatic N) is 5. The first-order valence-corrected chi connectivity index (χ1v) is 12.2. The first-order chi connectivity index (χ1) is 18.3. The van der Waals surface area contributed by atoms with E-state index in [4.69, 9.17) is 0 Å². The highest BCUT2D eigenvalue weighted by Crippen LogP contribution is 2.40. The van der Waals surface area contributed by atoms with Crippen LogP contribution in [0.15, 0.2) is 48.7 Å². The molecule has 6 nitrogen and oxygen atoms in total. The summed E-state index contributed by atoms with van der Waals surface area (Å²) in [6, 6.07) is 6.86. The fourth-order valence-electron chi connectivity index (χ4n) is 5.36. The normalized spacial score (nSPS) is 17.1. The summed E-state index contributed by atoms with van der Waals surface area (Å²) in [6.45, 7) is -0.0832. The minimum Gasteiger partial charge on any atom is -0.369 e. The number of aromatic nitrogens is 2. The Balaban J connectivity index is 1.39. The van der Waals surface area contributed by atoms with Crippen LogP contribution >= 0.6 is 0 Å². The van der Waals surface area contributed by atoms with Crippen molar-refractivity contribution in [2.75, 3.05) is 22.9 Å². The summed E-state index contributed by atoms with van der Waals surface area (Å²) in [5, 5.41) is 4.30. The molecule has 1 saturated heterocycles. The Morgan fingerprint density at radius 2 is 1.56 bits per heavy atom. The zero-order chi connectivity index (χ0) is 28.1. The highest BCUT2D eigenvalue weighted by molar-refractivity contribution is 5.94. The fraction of sp³-hybridized carbons (Fsp3) is 0.385. The number of rotatable bonds is 4. The maximum absolute atomic E-state index is 14.5. The Hall–Kier alpha value is -3.77. The van der Waals surface area contributed by atoms with E-state index in [2.05, 4.69) is 5.10 Å². The number of carbonyl (C=O) groups excluding carboxylic acids is 1. The minimum absolute atomic E-state index is 0.0647. The predicted molar refractivity (Wildman–Crippen MR) is 128 cm³/mol. The summed E-state index contributed by atoms with van der Waals surface area (Å²) in [5.74, 6) is -0.721.